The summed E-state index contributed by atoms with van der Waals surface area (Å²) in [5.74, 6) is 0.890. The molecule has 0 radical (unpaired) electrons. The van der Waals surface area contributed by atoms with Crippen molar-refractivity contribution in [1.29, 1.82) is 0 Å². The number of hydrogen-bond acceptors (Lipinski definition) is 5. The number of ether oxygens (including phenoxy) is 2. The maximum absolute atomic E-state index is 12.2. The maximum atomic E-state index is 12.2. The summed E-state index contributed by atoms with van der Waals surface area (Å²) in [6.07, 6.45) is 1.71. The number of carbonyl (C=O) groups excluding carboxylic acids is 1. The molecule has 0 fully saturated rings. The minimum Gasteiger partial charge on any atom is -0.497 e. The van der Waals surface area contributed by atoms with Crippen LogP contribution in [0.1, 0.15) is 12.8 Å². The summed E-state index contributed by atoms with van der Waals surface area (Å²) < 4.78 is 35.8. The van der Waals surface area contributed by atoms with Crippen molar-refractivity contribution in [2.75, 3.05) is 36.6 Å². The summed E-state index contributed by atoms with van der Waals surface area (Å²) in [6.45, 7) is 0.218. The Balaban J connectivity index is 1.97. The van der Waals surface area contributed by atoms with Gasteiger partial charge in [0.15, 0.2) is 0 Å². The van der Waals surface area contributed by atoms with Crippen LogP contribution in [-0.2, 0) is 14.8 Å². The number of sulfonamides is 1. The Kier molecular flexibility index (Phi) is 7.06. The summed E-state index contributed by atoms with van der Waals surface area (Å²) in [5.41, 5.74) is 1.11. The summed E-state index contributed by atoms with van der Waals surface area (Å²) in [4.78, 5) is 12.2. The highest BCUT2D eigenvalue weighted by molar-refractivity contribution is 7.92. The molecular weight excluding hydrogens is 368 g/mol. The van der Waals surface area contributed by atoms with Crippen LogP contribution in [-0.4, -0.2) is 41.3 Å². The van der Waals surface area contributed by atoms with Crippen LogP contribution < -0.4 is 19.1 Å². The molecule has 0 aromatic heterocycles. The average Bonchev–Trinajstić information content (AvgIpc) is 2.65. The highest BCUT2D eigenvalue weighted by Gasteiger charge is 2.17. The Hall–Kier alpha value is -2.74. The Bertz CT molecular complexity index is 869. The van der Waals surface area contributed by atoms with E-state index < -0.39 is 10.0 Å². The highest BCUT2D eigenvalue weighted by Crippen LogP contribution is 2.29. The Morgan fingerprint density at radius 2 is 1.78 bits per heavy atom. The number of methoxy groups -OCH3 is 2. The van der Waals surface area contributed by atoms with Gasteiger partial charge in [0.05, 0.1) is 31.9 Å². The summed E-state index contributed by atoms with van der Waals surface area (Å²) in [7, 11) is -0.368. The van der Waals surface area contributed by atoms with Crippen LogP contribution in [0.5, 0.6) is 11.5 Å². The Morgan fingerprint density at radius 1 is 1.07 bits per heavy atom. The fourth-order valence-corrected chi connectivity index (χ4v) is 3.54. The Morgan fingerprint density at radius 3 is 2.37 bits per heavy atom. The number of rotatable bonds is 9. The molecule has 0 heterocycles. The quantitative estimate of drug-likeness (QED) is 0.709. The predicted octanol–water partition coefficient (Wildman–Crippen LogP) is 2.89. The van der Waals surface area contributed by atoms with Crippen molar-refractivity contribution >= 4 is 27.3 Å². The van der Waals surface area contributed by atoms with Crippen molar-refractivity contribution in [2.24, 2.45) is 0 Å². The molecule has 1 N–H and O–H groups in total. The second kappa shape index (κ2) is 9.27. The first-order valence-corrected chi connectivity index (χ1v) is 10.2. The van der Waals surface area contributed by atoms with E-state index in [1.165, 1.54) is 11.4 Å². The molecule has 0 saturated heterocycles. The van der Waals surface area contributed by atoms with E-state index in [2.05, 4.69) is 5.32 Å². The Labute approximate surface area is 160 Å². The second-order valence-electron chi connectivity index (χ2n) is 5.89. The van der Waals surface area contributed by atoms with Gasteiger partial charge in [0.1, 0.15) is 11.5 Å². The molecule has 0 spiro atoms. The molecule has 0 aliphatic carbocycles. The number of anilines is 2. The molecule has 2 rings (SSSR count). The number of nitrogens with zero attached hydrogens (tertiary/aromatic N) is 1. The first-order valence-electron chi connectivity index (χ1n) is 8.40. The number of nitrogens with one attached hydrogen (secondary N) is 1. The van der Waals surface area contributed by atoms with E-state index in [0.29, 0.717) is 29.3 Å². The lowest BCUT2D eigenvalue weighted by Gasteiger charge is -2.22. The van der Waals surface area contributed by atoms with E-state index in [1.807, 2.05) is 6.07 Å². The zero-order valence-electron chi connectivity index (χ0n) is 15.6. The van der Waals surface area contributed by atoms with E-state index in [4.69, 9.17) is 9.47 Å². The molecule has 0 atom stereocenters. The fourth-order valence-electron chi connectivity index (χ4n) is 2.58. The normalized spacial score (nSPS) is 10.9. The van der Waals surface area contributed by atoms with Crippen LogP contribution in [0.3, 0.4) is 0 Å². The predicted molar refractivity (Wildman–Crippen MR) is 106 cm³/mol. The van der Waals surface area contributed by atoms with Crippen molar-refractivity contribution in [3.63, 3.8) is 0 Å². The van der Waals surface area contributed by atoms with Crippen LogP contribution in [0.2, 0.25) is 0 Å². The summed E-state index contributed by atoms with van der Waals surface area (Å²) >= 11 is 0. The number of carbonyl (C=O) groups is 1. The zero-order chi connectivity index (χ0) is 19.9. The lowest BCUT2D eigenvalue weighted by atomic mass is 10.2. The van der Waals surface area contributed by atoms with Gasteiger partial charge in [0.25, 0.3) is 0 Å². The minimum atomic E-state index is -3.43. The highest BCUT2D eigenvalue weighted by atomic mass is 32.2. The van der Waals surface area contributed by atoms with Crippen molar-refractivity contribution < 1.29 is 22.7 Å². The fraction of sp³-hybridized carbons (Fsp3) is 0.316. The summed E-state index contributed by atoms with van der Waals surface area (Å²) in [5, 5.41) is 2.78. The third-order valence-corrected chi connectivity index (χ3v) is 5.09. The van der Waals surface area contributed by atoms with Gasteiger partial charge in [-0.15, -0.1) is 0 Å². The first-order chi connectivity index (χ1) is 12.8. The smallest absolute Gasteiger partial charge is 0.232 e. The van der Waals surface area contributed by atoms with Gasteiger partial charge in [0, 0.05) is 19.0 Å². The molecule has 27 heavy (non-hydrogen) atoms. The minimum absolute atomic E-state index is 0.175. The number of benzene rings is 2. The van der Waals surface area contributed by atoms with Crippen LogP contribution in [0.15, 0.2) is 48.5 Å². The zero-order valence-corrected chi connectivity index (χ0v) is 16.5. The number of hydrogen-bond donors (Lipinski definition) is 1. The standard InChI is InChI=1S/C19H24N2O5S/c1-25-16-11-12-17(18(14-16)26-2)20-19(22)10-7-13-21(27(3,23)24)15-8-5-4-6-9-15/h4-6,8-9,11-12,14H,7,10,13H2,1-3H3,(H,20,22). The lowest BCUT2D eigenvalue weighted by Crippen LogP contribution is -2.31. The monoisotopic (exact) mass is 392 g/mol. The third kappa shape index (κ3) is 5.89. The van der Waals surface area contributed by atoms with E-state index in [9.17, 15) is 13.2 Å². The molecule has 0 saturated carbocycles. The van der Waals surface area contributed by atoms with E-state index >= 15 is 0 Å². The van der Waals surface area contributed by atoms with Gasteiger partial charge in [-0.25, -0.2) is 8.42 Å². The van der Waals surface area contributed by atoms with E-state index in [1.54, 1.807) is 49.6 Å². The molecule has 8 heteroatoms. The number of amides is 1. The number of para-hydroxylation sites is 1. The molecule has 0 aliphatic rings. The van der Waals surface area contributed by atoms with Gasteiger partial charge in [-0.2, -0.15) is 0 Å². The van der Waals surface area contributed by atoms with Crippen LogP contribution in [0, 0.1) is 0 Å². The van der Waals surface area contributed by atoms with Crippen LogP contribution in [0.4, 0.5) is 11.4 Å². The summed E-state index contributed by atoms with van der Waals surface area (Å²) in [6, 6.07) is 13.9. The van der Waals surface area contributed by atoms with Crippen molar-refractivity contribution in [3.05, 3.63) is 48.5 Å². The molecule has 2 aromatic rings. The molecule has 2 aromatic carbocycles. The topological polar surface area (TPSA) is 84.9 Å². The molecule has 1 amide bonds. The van der Waals surface area contributed by atoms with Crippen molar-refractivity contribution in [2.45, 2.75) is 12.8 Å². The SMILES string of the molecule is COc1ccc(NC(=O)CCCN(c2ccccc2)S(C)(=O)=O)c(OC)c1. The average molecular weight is 392 g/mol. The van der Waals surface area contributed by atoms with Crippen molar-refractivity contribution in [1.82, 2.24) is 0 Å². The van der Waals surface area contributed by atoms with Crippen molar-refractivity contribution in [3.8, 4) is 11.5 Å². The third-order valence-electron chi connectivity index (χ3n) is 3.89. The molecule has 0 bridgehead atoms. The van der Waals surface area contributed by atoms with Gasteiger partial charge >= 0.3 is 0 Å². The van der Waals surface area contributed by atoms with Crippen LogP contribution >= 0.6 is 0 Å². The second-order valence-corrected chi connectivity index (χ2v) is 7.80. The van der Waals surface area contributed by atoms with Gasteiger partial charge < -0.3 is 14.8 Å². The van der Waals surface area contributed by atoms with Gasteiger partial charge in [-0.3, -0.25) is 9.10 Å². The molecule has 0 aliphatic heterocycles. The molecule has 0 unspecified atom stereocenters. The maximum Gasteiger partial charge on any atom is 0.232 e. The molecule has 7 nitrogen and oxygen atoms in total. The first kappa shape index (κ1) is 20.6. The molecule has 146 valence electrons. The van der Waals surface area contributed by atoms with Gasteiger partial charge in [-0.1, -0.05) is 18.2 Å². The largest absolute Gasteiger partial charge is 0.497 e. The molecular formula is C19H24N2O5S. The lowest BCUT2D eigenvalue weighted by molar-refractivity contribution is -0.116. The van der Waals surface area contributed by atoms with E-state index in [-0.39, 0.29) is 18.9 Å². The van der Waals surface area contributed by atoms with Gasteiger partial charge in [0.2, 0.25) is 15.9 Å². The van der Waals surface area contributed by atoms with E-state index in [0.717, 1.165) is 6.26 Å². The van der Waals surface area contributed by atoms with Crippen LogP contribution in [0.25, 0.3) is 0 Å². The van der Waals surface area contributed by atoms with Gasteiger partial charge in [-0.05, 0) is 30.7 Å².